The van der Waals surface area contributed by atoms with E-state index in [-0.39, 0.29) is 0 Å². The average Bonchev–Trinajstić information content (AvgIpc) is 2.99. The van der Waals surface area contributed by atoms with Gasteiger partial charge in [-0.25, -0.2) is 4.98 Å². The lowest BCUT2D eigenvalue weighted by atomic mass is 10.0. The highest BCUT2D eigenvalue weighted by atomic mass is 15.1. The van der Waals surface area contributed by atoms with Gasteiger partial charge in [-0.2, -0.15) is 0 Å². The van der Waals surface area contributed by atoms with Crippen LogP contribution in [0.4, 0.5) is 0 Å². The first-order chi connectivity index (χ1) is 8.85. The van der Waals surface area contributed by atoms with Crippen molar-refractivity contribution in [2.24, 2.45) is 0 Å². The fraction of sp³-hybridized carbons (Fsp3) is 0.800. The van der Waals surface area contributed by atoms with Crippen LogP contribution in [0, 0.1) is 0 Å². The van der Waals surface area contributed by atoms with Crippen LogP contribution in [0.2, 0.25) is 0 Å². The van der Waals surface area contributed by atoms with Crippen LogP contribution in [-0.2, 0) is 0 Å². The molecule has 1 fully saturated rings. The van der Waals surface area contributed by atoms with Gasteiger partial charge in [0.15, 0.2) is 0 Å². The molecular weight excluding hydrogens is 222 g/mol. The van der Waals surface area contributed by atoms with Gasteiger partial charge in [-0.15, -0.1) is 0 Å². The summed E-state index contributed by atoms with van der Waals surface area (Å²) in [6.45, 7) is 4.57. The van der Waals surface area contributed by atoms with E-state index in [2.05, 4.69) is 34.9 Å². The molecule has 0 radical (unpaired) electrons. The summed E-state index contributed by atoms with van der Waals surface area (Å²) in [5.74, 6) is 0. The zero-order chi connectivity index (χ0) is 12.8. The number of imidazole rings is 1. The second-order valence-electron chi connectivity index (χ2n) is 5.56. The lowest BCUT2D eigenvalue weighted by Gasteiger charge is -2.27. The van der Waals surface area contributed by atoms with Gasteiger partial charge in [0.2, 0.25) is 0 Å². The van der Waals surface area contributed by atoms with E-state index in [1.807, 2.05) is 12.5 Å². The van der Waals surface area contributed by atoms with Crippen LogP contribution in [-0.4, -0.2) is 21.6 Å². The van der Waals surface area contributed by atoms with E-state index >= 15 is 0 Å². The van der Waals surface area contributed by atoms with E-state index in [1.165, 1.54) is 44.9 Å². The smallest absolute Gasteiger partial charge is 0.0949 e. The Morgan fingerprint density at radius 2 is 2.06 bits per heavy atom. The molecule has 1 heterocycles. The van der Waals surface area contributed by atoms with E-state index in [0.717, 1.165) is 0 Å². The molecular formula is C15H27N3. The molecule has 0 saturated heterocycles. The van der Waals surface area contributed by atoms with Crippen LogP contribution >= 0.6 is 0 Å². The highest BCUT2D eigenvalue weighted by molar-refractivity contribution is 4.93. The lowest BCUT2D eigenvalue weighted by molar-refractivity contribution is 0.327. The van der Waals surface area contributed by atoms with Crippen molar-refractivity contribution in [3.63, 3.8) is 0 Å². The van der Waals surface area contributed by atoms with Crippen molar-refractivity contribution in [2.45, 2.75) is 76.9 Å². The molecule has 18 heavy (non-hydrogen) atoms. The van der Waals surface area contributed by atoms with Crippen molar-refractivity contribution in [2.75, 3.05) is 0 Å². The second-order valence-corrected chi connectivity index (χ2v) is 5.56. The Bertz CT molecular complexity index is 314. The molecule has 3 heteroatoms. The molecule has 1 saturated carbocycles. The minimum Gasteiger partial charge on any atom is -0.333 e. The molecule has 2 atom stereocenters. The molecule has 0 amide bonds. The van der Waals surface area contributed by atoms with Crippen molar-refractivity contribution in [1.29, 1.82) is 0 Å². The Hall–Kier alpha value is -0.830. The molecule has 1 aliphatic carbocycles. The Balaban J connectivity index is 1.94. The maximum absolute atomic E-state index is 4.19. The normalized spacial score (nSPS) is 23.9. The van der Waals surface area contributed by atoms with Crippen molar-refractivity contribution >= 4 is 0 Å². The van der Waals surface area contributed by atoms with Crippen LogP contribution in [0.25, 0.3) is 0 Å². The zero-order valence-electron chi connectivity index (χ0n) is 11.8. The first-order valence-electron chi connectivity index (χ1n) is 7.58. The standard InChI is InChI=1S/C15H27N3/c1-3-6-13(7-4-2)17-14-8-5-9-15(14)18-11-10-16-12-18/h10-15,17H,3-9H2,1-2H3. The fourth-order valence-electron chi connectivity index (χ4n) is 3.27. The van der Waals surface area contributed by atoms with Gasteiger partial charge >= 0.3 is 0 Å². The molecule has 0 bridgehead atoms. The third-order valence-electron chi connectivity index (χ3n) is 4.11. The highest BCUT2D eigenvalue weighted by Crippen LogP contribution is 2.30. The third kappa shape index (κ3) is 3.35. The largest absolute Gasteiger partial charge is 0.333 e. The van der Waals surface area contributed by atoms with E-state index in [1.54, 1.807) is 0 Å². The van der Waals surface area contributed by atoms with Crippen molar-refractivity contribution in [1.82, 2.24) is 14.9 Å². The molecule has 1 aromatic heterocycles. The molecule has 3 nitrogen and oxygen atoms in total. The highest BCUT2D eigenvalue weighted by Gasteiger charge is 2.29. The molecule has 1 aromatic rings. The van der Waals surface area contributed by atoms with Crippen molar-refractivity contribution in [3.8, 4) is 0 Å². The molecule has 102 valence electrons. The Kier molecular flexibility index (Phi) is 5.24. The lowest BCUT2D eigenvalue weighted by Crippen LogP contribution is -2.41. The molecule has 1 aliphatic rings. The summed E-state index contributed by atoms with van der Waals surface area (Å²) in [5.41, 5.74) is 0. The van der Waals surface area contributed by atoms with Gasteiger partial charge in [-0.3, -0.25) is 0 Å². The number of hydrogen-bond acceptors (Lipinski definition) is 2. The number of rotatable bonds is 7. The molecule has 2 unspecified atom stereocenters. The summed E-state index contributed by atoms with van der Waals surface area (Å²) >= 11 is 0. The van der Waals surface area contributed by atoms with Gasteiger partial charge in [0.1, 0.15) is 0 Å². The van der Waals surface area contributed by atoms with Gasteiger partial charge in [-0.1, -0.05) is 26.7 Å². The van der Waals surface area contributed by atoms with Crippen LogP contribution in [0.3, 0.4) is 0 Å². The average molecular weight is 249 g/mol. The SMILES string of the molecule is CCCC(CCC)NC1CCCC1n1ccnc1. The summed E-state index contributed by atoms with van der Waals surface area (Å²) in [5, 5.41) is 3.91. The molecule has 0 aromatic carbocycles. The third-order valence-corrected chi connectivity index (χ3v) is 4.11. The predicted octanol–water partition coefficient (Wildman–Crippen LogP) is 3.54. The first kappa shape index (κ1) is 13.6. The quantitative estimate of drug-likeness (QED) is 0.801. The molecule has 0 aliphatic heterocycles. The second kappa shape index (κ2) is 6.93. The summed E-state index contributed by atoms with van der Waals surface area (Å²) < 4.78 is 2.29. The van der Waals surface area contributed by atoms with Gasteiger partial charge in [0.25, 0.3) is 0 Å². The fourth-order valence-corrected chi connectivity index (χ4v) is 3.27. The molecule has 1 N–H and O–H groups in total. The Morgan fingerprint density at radius 1 is 1.28 bits per heavy atom. The van der Waals surface area contributed by atoms with Gasteiger partial charge in [0, 0.05) is 30.5 Å². The Labute approximate surface area is 111 Å². The molecule has 0 spiro atoms. The number of nitrogens with one attached hydrogen (secondary N) is 1. The monoisotopic (exact) mass is 249 g/mol. The summed E-state index contributed by atoms with van der Waals surface area (Å²) in [7, 11) is 0. The van der Waals surface area contributed by atoms with E-state index in [0.29, 0.717) is 18.1 Å². The maximum Gasteiger partial charge on any atom is 0.0949 e. The summed E-state index contributed by atoms with van der Waals surface area (Å²) in [6.07, 6.45) is 15.1. The van der Waals surface area contributed by atoms with E-state index in [9.17, 15) is 0 Å². The minimum atomic E-state index is 0.615. The van der Waals surface area contributed by atoms with Crippen molar-refractivity contribution < 1.29 is 0 Å². The van der Waals surface area contributed by atoms with Gasteiger partial charge in [0.05, 0.1) is 6.33 Å². The predicted molar refractivity (Wildman–Crippen MR) is 75.6 cm³/mol. The zero-order valence-corrected chi connectivity index (χ0v) is 11.8. The van der Waals surface area contributed by atoms with Crippen LogP contribution in [0.1, 0.15) is 64.8 Å². The van der Waals surface area contributed by atoms with Crippen LogP contribution < -0.4 is 5.32 Å². The van der Waals surface area contributed by atoms with Gasteiger partial charge < -0.3 is 9.88 Å². The summed E-state index contributed by atoms with van der Waals surface area (Å²) in [4.78, 5) is 4.19. The first-order valence-corrected chi connectivity index (χ1v) is 7.58. The number of aromatic nitrogens is 2. The minimum absolute atomic E-state index is 0.615. The Morgan fingerprint density at radius 3 is 2.67 bits per heavy atom. The van der Waals surface area contributed by atoms with Gasteiger partial charge in [-0.05, 0) is 32.1 Å². The summed E-state index contributed by atoms with van der Waals surface area (Å²) in [6, 6.07) is 1.96. The van der Waals surface area contributed by atoms with Crippen LogP contribution in [0.15, 0.2) is 18.7 Å². The topological polar surface area (TPSA) is 29.9 Å². The van der Waals surface area contributed by atoms with Crippen molar-refractivity contribution in [3.05, 3.63) is 18.7 Å². The number of nitrogens with zero attached hydrogens (tertiary/aromatic N) is 2. The van der Waals surface area contributed by atoms with E-state index < -0.39 is 0 Å². The molecule has 2 rings (SSSR count). The number of hydrogen-bond donors (Lipinski definition) is 1. The maximum atomic E-state index is 4.19. The van der Waals surface area contributed by atoms with Crippen LogP contribution in [0.5, 0.6) is 0 Å². The van der Waals surface area contributed by atoms with E-state index in [4.69, 9.17) is 0 Å².